The van der Waals surface area contributed by atoms with Crippen LogP contribution in [0.4, 0.5) is 0 Å². The van der Waals surface area contributed by atoms with Crippen LogP contribution in [-0.2, 0) is 15.8 Å². The molecule has 0 atom stereocenters. The number of amides is 1. The summed E-state index contributed by atoms with van der Waals surface area (Å²) in [7, 11) is -2.30. The molecular formula is C20H24N2O4S2. The summed E-state index contributed by atoms with van der Waals surface area (Å²) < 4.78 is 32.9. The Kier molecular flexibility index (Phi) is 6.98. The van der Waals surface area contributed by atoms with E-state index in [4.69, 9.17) is 4.74 Å². The van der Waals surface area contributed by atoms with E-state index in [9.17, 15) is 13.2 Å². The summed E-state index contributed by atoms with van der Waals surface area (Å²) in [5.74, 6) is 1.58. The van der Waals surface area contributed by atoms with Gasteiger partial charge in [0.15, 0.2) is 0 Å². The van der Waals surface area contributed by atoms with Crippen LogP contribution in [0.15, 0.2) is 53.4 Å². The molecule has 2 N–H and O–H groups in total. The Labute approximate surface area is 170 Å². The van der Waals surface area contributed by atoms with E-state index in [2.05, 4.69) is 22.2 Å². The van der Waals surface area contributed by atoms with E-state index in [0.29, 0.717) is 12.1 Å². The van der Waals surface area contributed by atoms with Gasteiger partial charge in [-0.3, -0.25) is 4.79 Å². The van der Waals surface area contributed by atoms with Gasteiger partial charge in [-0.15, -0.1) is 0 Å². The molecule has 150 valence electrons. The summed E-state index contributed by atoms with van der Waals surface area (Å²) in [5.41, 5.74) is 1.54. The fourth-order valence-electron chi connectivity index (χ4n) is 2.62. The van der Waals surface area contributed by atoms with Crippen LogP contribution in [0.3, 0.4) is 0 Å². The van der Waals surface area contributed by atoms with Crippen LogP contribution >= 0.6 is 11.8 Å². The number of sulfonamides is 1. The molecule has 2 aromatic rings. The lowest BCUT2D eigenvalue weighted by Crippen LogP contribution is -2.28. The van der Waals surface area contributed by atoms with Gasteiger partial charge in [-0.25, -0.2) is 13.1 Å². The number of thioether (sulfide) groups is 1. The highest BCUT2D eigenvalue weighted by Crippen LogP contribution is 2.28. The van der Waals surface area contributed by atoms with Crippen molar-refractivity contribution in [3.63, 3.8) is 0 Å². The Bertz CT molecular complexity index is 913. The fourth-order valence-corrected chi connectivity index (χ4v) is 4.93. The van der Waals surface area contributed by atoms with E-state index in [0.717, 1.165) is 24.3 Å². The van der Waals surface area contributed by atoms with E-state index in [1.165, 1.54) is 24.8 Å². The van der Waals surface area contributed by atoms with Gasteiger partial charge in [-0.1, -0.05) is 30.3 Å². The topological polar surface area (TPSA) is 84.5 Å². The van der Waals surface area contributed by atoms with Crippen LogP contribution in [-0.4, -0.2) is 39.8 Å². The zero-order valence-corrected chi connectivity index (χ0v) is 17.3. The van der Waals surface area contributed by atoms with Crippen LogP contribution in [0.1, 0.15) is 28.8 Å². The van der Waals surface area contributed by atoms with E-state index in [1.54, 1.807) is 17.8 Å². The maximum atomic E-state index is 12.5. The molecule has 0 bridgehead atoms. The molecule has 0 aromatic heterocycles. The van der Waals surface area contributed by atoms with Crippen molar-refractivity contribution < 1.29 is 17.9 Å². The van der Waals surface area contributed by atoms with Crippen molar-refractivity contribution in [3.05, 3.63) is 59.7 Å². The second kappa shape index (κ2) is 9.45. The first-order valence-electron chi connectivity index (χ1n) is 9.10. The first kappa shape index (κ1) is 20.7. The second-order valence-corrected chi connectivity index (χ2v) is 9.34. The van der Waals surface area contributed by atoms with Crippen molar-refractivity contribution in [1.82, 2.24) is 10.0 Å². The quantitative estimate of drug-likeness (QED) is 0.578. The Morgan fingerprint density at radius 3 is 2.61 bits per heavy atom. The number of nitrogens with one attached hydrogen (secondary N) is 2. The van der Waals surface area contributed by atoms with Crippen LogP contribution in [0.25, 0.3) is 0 Å². The molecule has 1 fully saturated rings. The standard InChI is InChI=1S/C20H24N2O4S2/c1-26-18-10-7-16(13-19(18)28(24,25)22-17-8-9-17)20(23)21-11-12-27-14-15-5-3-2-4-6-15/h2-7,10,13,17,22H,8-9,11-12,14H2,1H3,(H,21,23). The molecule has 0 unspecified atom stereocenters. The zero-order chi connectivity index (χ0) is 20.0. The average Bonchev–Trinajstić information content (AvgIpc) is 3.51. The van der Waals surface area contributed by atoms with Gasteiger partial charge < -0.3 is 10.1 Å². The van der Waals surface area contributed by atoms with Crippen molar-refractivity contribution in [3.8, 4) is 5.75 Å². The monoisotopic (exact) mass is 420 g/mol. The Hall–Kier alpha value is -2.03. The third-order valence-corrected chi connectivity index (χ3v) is 6.83. The van der Waals surface area contributed by atoms with E-state index >= 15 is 0 Å². The van der Waals surface area contributed by atoms with E-state index in [1.807, 2.05) is 18.2 Å². The lowest BCUT2D eigenvalue weighted by molar-refractivity contribution is 0.0956. The summed E-state index contributed by atoms with van der Waals surface area (Å²) >= 11 is 1.73. The summed E-state index contributed by atoms with van der Waals surface area (Å²) in [6, 6.07) is 14.6. The smallest absolute Gasteiger partial charge is 0.251 e. The van der Waals surface area contributed by atoms with Crippen molar-refractivity contribution in [2.24, 2.45) is 0 Å². The third-order valence-electron chi connectivity index (χ3n) is 4.26. The molecule has 1 aliphatic carbocycles. The van der Waals surface area contributed by atoms with Gasteiger partial charge in [-0.2, -0.15) is 11.8 Å². The van der Waals surface area contributed by atoms with Crippen LogP contribution in [0.5, 0.6) is 5.75 Å². The lowest BCUT2D eigenvalue weighted by Gasteiger charge is -2.12. The molecule has 1 aliphatic rings. The van der Waals surface area contributed by atoms with Gasteiger partial charge in [0.05, 0.1) is 7.11 Å². The molecule has 28 heavy (non-hydrogen) atoms. The highest BCUT2D eigenvalue weighted by molar-refractivity contribution is 7.98. The minimum absolute atomic E-state index is 0.00648. The van der Waals surface area contributed by atoms with Crippen molar-refractivity contribution >= 4 is 27.7 Å². The molecule has 2 aromatic carbocycles. The Balaban J connectivity index is 1.56. The van der Waals surface area contributed by atoms with Gasteiger partial charge in [0, 0.05) is 29.7 Å². The summed E-state index contributed by atoms with van der Waals surface area (Å²) in [6.45, 7) is 0.505. The molecule has 6 nitrogen and oxygen atoms in total. The van der Waals surface area contributed by atoms with Crippen LogP contribution in [0.2, 0.25) is 0 Å². The third kappa shape index (κ3) is 5.73. The van der Waals surface area contributed by atoms with Gasteiger partial charge in [-0.05, 0) is 36.6 Å². The van der Waals surface area contributed by atoms with Gasteiger partial charge in [0.2, 0.25) is 10.0 Å². The number of benzene rings is 2. The van der Waals surface area contributed by atoms with E-state index in [-0.39, 0.29) is 22.6 Å². The Morgan fingerprint density at radius 1 is 1.18 bits per heavy atom. The van der Waals surface area contributed by atoms with Crippen molar-refractivity contribution in [1.29, 1.82) is 0 Å². The molecule has 0 aliphatic heterocycles. The number of methoxy groups -OCH3 is 1. The maximum Gasteiger partial charge on any atom is 0.251 e. The predicted octanol–water partition coefficient (Wildman–Crippen LogP) is 2.80. The highest BCUT2D eigenvalue weighted by Gasteiger charge is 2.30. The molecular weight excluding hydrogens is 396 g/mol. The maximum absolute atomic E-state index is 12.5. The molecule has 1 saturated carbocycles. The SMILES string of the molecule is COc1ccc(C(=O)NCCSCc2ccccc2)cc1S(=O)(=O)NC1CC1. The molecule has 1 amide bonds. The zero-order valence-electron chi connectivity index (χ0n) is 15.7. The van der Waals surface area contributed by atoms with Crippen LogP contribution in [0, 0.1) is 0 Å². The number of carbonyl (C=O) groups is 1. The molecule has 0 radical (unpaired) electrons. The largest absolute Gasteiger partial charge is 0.495 e. The molecule has 0 spiro atoms. The predicted molar refractivity (Wildman–Crippen MR) is 111 cm³/mol. The first-order valence-corrected chi connectivity index (χ1v) is 11.7. The first-order chi connectivity index (χ1) is 13.5. The minimum atomic E-state index is -3.71. The highest BCUT2D eigenvalue weighted by atomic mass is 32.2. The molecule has 0 heterocycles. The van der Waals surface area contributed by atoms with Crippen LogP contribution < -0.4 is 14.8 Å². The summed E-state index contributed by atoms with van der Waals surface area (Å²) in [6.07, 6.45) is 1.67. The second-order valence-electron chi connectivity index (χ2n) is 6.56. The number of hydrogen-bond acceptors (Lipinski definition) is 5. The van der Waals surface area contributed by atoms with Gasteiger partial charge in [0.1, 0.15) is 10.6 Å². The minimum Gasteiger partial charge on any atom is -0.495 e. The number of carbonyl (C=O) groups excluding carboxylic acids is 1. The molecule has 8 heteroatoms. The summed E-state index contributed by atoms with van der Waals surface area (Å²) in [4.78, 5) is 12.4. The summed E-state index contributed by atoms with van der Waals surface area (Å²) in [5, 5.41) is 2.84. The fraction of sp³-hybridized carbons (Fsp3) is 0.350. The Morgan fingerprint density at radius 2 is 1.93 bits per heavy atom. The molecule has 3 rings (SSSR count). The number of rotatable bonds is 10. The van der Waals surface area contributed by atoms with Gasteiger partial charge in [0.25, 0.3) is 5.91 Å². The van der Waals surface area contributed by atoms with Gasteiger partial charge >= 0.3 is 0 Å². The van der Waals surface area contributed by atoms with Crippen molar-refractivity contribution in [2.75, 3.05) is 19.4 Å². The lowest BCUT2D eigenvalue weighted by atomic mass is 10.2. The van der Waals surface area contributed by atoms with Crippen molar-refractivity contribution in [2.45, 2.75) is 29.5 Å². The number of hydrogen-bond donors (Lipinski definition) is 2. The number of ether oxygens (including phenoxy) is 1. The van der Waals surface area contributed by atoms with E-state index < -0.39 is 10.0 Å². The average molecular weight is 421 g/mol. The normalized spacial score (nSPS) is 13.9. The molecule has 0 saturated heterocycles.